The summed E-state index contributed by atoms with van der Waals surface area (Å²) in [7, 11) is 1.81. The lowest BCUT2D eigenvalue weighted by atomic mass is 10.3. The zero-order chi connectivity index (χ0) is 9.56. The molecule has 3 heteroatoms. The molecule has 12 heavy (non-hydrogen) atoms. The summed E-state index contributed by atoms with van der Waals surface area (Å²) in [4.78, 5) is 12.3. The molecule has 0 bridgehead atoms. The third-order valence-electron chi connectivity index (χ3n) is 1.46. The first-order valence-electron chi connectivity index (χ1n) is 3.93. The van der Waals surface area contributed by atoms with Gasteiger partial charge in [-0.3, -0.25) is 4.79 Å². The quantitative estimate of drug-likeness (QED) is 0.619. The Morgan fingerprint density at radius 1 is 1.67 bits per heavy atom. The number of hydrogen-bond donors (Lipinski definition) is 1. The van der Waals surface area contributed by atoms with Crippen LogP contribution in [-0.2, 0) is 4.79 Å². The molecular weight excluding hydrogens is 152 g/mol. The molecule has 2 N–H and O–H groups in total. The highest BCUT2D eigenvalue weighted by Gasteiger charge is 2.02. The van der Waals surface area contributed by atoms with E-state index >= 15 is 0 Å². The molecule has 0 saturated heterocycles. The predicted octanol–water partition coefficient (Wildman–Crippen LogP) is 0.883. The minimum Gasteiger partial charge on any atom is -0.368 e. The Bertz CT molecular complexity index is 197. The fourth-order valence-corrected chi connectivity index (χ4v) is 0.929. The molecule has 0 atom stereocenters. The van der Waals surface area contributed by atoms with Crippen molar-refractivity contribution in [2.75, 3.05) is 13.6 Å². The van der Waals surface area contributed by atoms with Crippen LogP contribution in [0.1, 0.15) is 13.3 Å². The van der Waals surface area contributed by atoms with E-state index in [1.54, 1.807) is 11.0 Å². The highest BCUT2D eigenvalue weighted by atomic mass is 16.1. The van der Waals surface area contributed by atoms with E-state index in [0.29, 0.717) is 0 Å². The topological polar surface area (TPSA) is 46.3 Å². The van der Waals surface area contributed by atoms with Gasteiger partial charge in [-0.05, 0) is 12.5 Å². The summed E-state index contributed by atoms with van der Waals surface area (Å²) >= 11 is 0. The molecule has 0 spiro atoms. The molecular formula is C9H16N2O. The highest BCUT2D eigenvalue weighted by molar-refractivity contribution is 5.76. The van der Waals surface area contributed by atoms with Gasteiger partial charge in [0.05, 0.1) is 6.54 Å². The van der Waals surface area contributed by atoms with Crippen molar-refractivity contribution in [3.05, 3.63) is 24.4 Å². The van der Waals surface area contributed by atoms with E-state index in [2.05, 4.69) is 6.58 Å². The van der Waals surface area contributed by atoms with E-state index in [-0.39, 0.29) is 12.5 Å². The van der Waals surface area contributed by atoms with E-state index in [1.807, 2.05) is 20.0 Å². The van der Waals surface area contributed by atoms with Crippen molar-refractivity contribution >= 4 is 5.91 Å². The third kappa shape index (κ3) is 3.81. The number of primary amides is 1. The molecule has 0 radical (unpaired) electrons. The second-order valence-corrected chi connectivity index (χ2v) is 2.56. The number of hydrogen-bond acceptors (Lipinski definition) is 2. The summed E-state index contributed by atoms with van der Waals surface area (Å²) in [6.07, 6.45) is 4.63. The van der Waals surface area contributed by atoms with E-state index in [4.69, 9.17) is 5.73 Å². The molecule has 0 aliphatic carbocycles. The maximum atomic E-state index is 10.6. The van der Waals surface area contributed by atoms with Gasteiger partial charge in [-0.15, -0.1) is 0 Å². The average molecular weight is 168 g/mol. The maximum Gasteiger partial charge on any atom is 0.236 e. The van der Waals surface area contributed by atoms with Crippen LogP contribution in [0.3, 0.4) is 0 Å². The van der Waals surface area contributed by atoms with E-state index < -0.39 is 0 Å². The van der Waals surface area contributed by atoms with Gasteiger partial charge in [-0.2, -0.15) is 0 Å². The van der Waals surface area contributed by atoms with Crippen molar-refractivity contribution < 1.29 is 4.79 Å². The van der Waals surface area contributed by atoms with Crippen molar-refractivity contribution in [1.29, 1.82) is 0 Å². The van der Waals surface area contributed by atoms with Crippen molar-refractivity contribution in [2.24, 2.45) is 5.73 Å². The Kier molecular flexibility index (Phi) is 4.84. The monoisotopic (exact) mass is 168 g/mol. The largest absolute Gasteiger partial charge is 0.368 e. The van der Waals surface area contributed by atoms with Gasteiger partial charge in [0.1, 0.15) is 0 Å². The van der Waals surface area contributed by atoms with Crippen LogP contribution in [0.5, 0.6) is 0 Å². The van der Waals surface area contributed by atoms with Crippen LogP contribution in [-0.4, -0.2) is 24.4 Å². The van der Waals surface area contributed by atoms with Crippen LogP contribution in [0.25, 0.3) is 0 Å². The van der Waals surface area contributed by atoms with Gasteiger partial charge in [-0.25, -0.2) is 0 Å². The number of likely N-dealkylation sites (N-methyl/N-ethyl adjacent to an activating group) is 1. The number of nitrogens with two attached hydrogens (primary N) is 1. The summed E-state index contributed by atoms with van der Waals surface area (Å²) in [5.41, 5.74) is 5.98. The number of rotatable bonds is 5. The highest BCUT2D eigenvalue weighted by Crippen LogP contribution is 2.02. The third-order valence-corrected chi connectivity index (χ3v) is 1.46. The van der Waals surface area contributed by atoms with E-state index in [1.165, 1.54) is 0 Å². The molecule has 0 aromatic carbocycles. The number of carbonyl (C=O) groups is 1. The molecule has 0 aliphatic rings. The lowest BCUT2D eigenvalue weighted by molar-refractivity contribution is -0.118. The molecule has 0 aromatic rings. The molecule has 0 fully saturated rings. The Balaban J connectivity index is 4.21. The molecule has 0 heterocycles. The lowest BCUT2D eigenvalue weighted by Crippen LogP contribution is -2.29. The van der Waals surface area contributed by atoms with Crippen LogP contribution >= 0.6 is 0 Å². The lowest BCUT2D eigenvalue weighted by Gasteiger charge is -2.17. The first-order valence-corrected chi connectivity index (χ1v) is 3.93. The molecule has 0 aromatic heterocycles. The van der Waals surface area contributed by atoms with Gasteiger partial charge >= 0.3 is 0 Å². The average Bonchev–Trinajstić information content (AvgIpc) is 1.98. The Hall–Kier alpha value is -1.25. The smallest absolute Gasteiger partial charge is 0.236 e. The maximum absolute atomic E-state index is 10.6. The van der Waals surface area contributed by atoms with Gasteiger partial charge in [0.15, 0.2) is 0 Å². The number of allylic oxidation sites excluding steroid dienone is 2. The summed E-state index contributed by atoms with van der Waals surface area (Å²) in [6, 6.07) is 0. The molecule has 68 valence electrons. The van der Waals surface area contributed by atoms with Gasteiger partial charge in [-0.1, -0.05) is 19.6 Å². The first kappa shape index (κ1) is 10.8. The van der Waals surface area contributed by atoms with Crippen molar-refractivity contribution in [1.82, 2.24) is 4.90 Å². The van der Waals surface area contributed by atoms with Crippen LogP contribution in [0.2, 0.25) is 0 Å². The van der Waals surface area contributed by atoms with Crippen LogP contribution in [0, 0.1) is 0 Å². The SMILES string of the molecule is C=C/C(=C\CC)N(C)CC(N)=O. The molecule has 0 unspecified atom stereocenters. The van der Waals surface area contributed by atoms with Gasteiger partial charge in [0, 0.05) is 12.7 Å². The van der Waals surface area contributed by atoms with Gasteiger partial charge < -0.3 is 10.6 Å². The van der Waals surface area contributed by atoms with Crippen molar-refractivity contribution in [3.63, 3.8) is 0 Å². The van der Waals surface area contributed by atoms with Crippen LogP contribution < -0.4 is 5.73 Å². The van der Waals surface area contributed by atoms with Crippen molar-refractivity contribution in [3.8, 4) is 0 Å². The molecule has 3 nitrogen and oxygen atoms in total. The summed E-state index contributed by atoms with van der Waals surface area (Å²) in [5, 5.41) is 0. The fourth-order valence-electron chi connectivity index (χ4n) is 0.929. The first-order chi connectivity index (χ1) is 5.61. The summed E-state index contributed by atoms with van der Waals surface area (Å²) in [6.45, 7) is 5.91. The number of amides is 1. The van der Waals surface area contributed by atoms with E-state index in [9.17, 15) is 4.79 Å². The molecule has 0 rings (SSSR count). The second-order valence-electron chi connectivity index (χ2n) is 2.56. The second kappa shape index (κ2) is 5.41. The standard InChI is InChI=1S/C9H16N2O/c1-4-6-8(5-2)11(3)7-9(10)12/h5-6H,2,4,7H2,1,3H3,(H2,10,12)/b8-6+. The van der Waals surface area contributed by atoms with Crippen LogP contribution in [0.15, 0.2) is 24.4 Å². The number of nitrogens with zero attached hydrogens (tertiary/aromatic N) is 1. The zero-order valence-electron chi connectivity index (χ0n) is 7.71. The molecule has 0 saturated carbocycles. The Morgan fingerprint density at radius 2 is 2.25 bits per heavy atom. The predicted molar refractivity (Wildman–Crippen MR) is 50.4 cm³/mol. The fraction of sp³-hybridized carbons (Fsp3) is 0.444. The zero-order valence-corrected chi connectivity index (χ0v) is 7.71. The normalized spacial score (nSPS) is 11.0. The Labute approximate surface area is 73.5 Å². The van der Waals surface area contributed by atoms with Gasteiger partial charge in [0.2, 0.25) is 5.91 Å². The minimum absolute atomic E-state index is 0.234. The molecule has 1 amide bonds. The van der Waals surface area contributed by atoms with Gasteiger partial charge in [0.25, 0.3) is 0 Å². The minimum atomic E-state index is -0.332. The van der Waals surface area contributed by atoms with Crippen LogP contribution in [0.4, 0.5) is 0 Å². The van der Waals surface area contributed by atoms with E-state index in [0.717, 1.165) is 12.1 Å². The summed E-state index contributed by atoms with van der Waals surface area (Å²) < 4.78 is 0. The molecule has 0 aliphatic heterocycles. The number of carbonyl (C=O) groups excluding carboxylic acids is 1. The summed E-state index contributed by atoms with van der Waals surface area (Å²) in [5.74, 6) is -0.332. The van der Waals surface area contributed by atoms with Crippen molar-refractivity contribution in [2.45, 2.75) is 13.3 Å². The Morgan fingerprint density at radius 3 is 2.58 bits per heavy atom.